The monoisotopic (exact) mass is 358 g/mol. The minimum Gasteiger partial charge on any atom is -0.356 e. The van der Waals surface area contributed by atoms with E-state index in [1.807, 2.05) is 13.1 Å². The first-order valence-corrected chi connectivity index (χ1v) is 10.0. The van der Waals surface area contributed by atoms with E-state index in [0.29, 0.717) is 0 Å². The molecule has 0 aliphatic carbocycles. The van der Waals surface area contributed by atoms with Crippen LogP contribution in [0.4, 0.5) is 16.8 Å². The summed E-state index contributed by atoms with van der Waals surface area (Å²) in [5.41, 5.74) is 0. The highest BCUT2D eigenvalue weighted by molar-refractivity contribution is 7.15. The summed E-state index contributed by atoms with van der Waals surface area (Å²) in [6.07, 6.45) is 5.84. The minimum atomic E-state index is 0.871. The van der Waals surface area contributed by atoms with Gasteiger partial charge in [0.2, 0.25) is 0 Å². The van der Waals surface area contributed by atoms with Gasteiger partial charge in [0.25, 0.3) is 0 Å². The maximum absolute atomic E-state index is 4.71. The van der Waals surface area contributed by atoms with Crippen LogP contribution < -0.4 is 14.7 Å². The summed E-state index contributed by atoms with van der Waals surface area (Å²) in [5.74, 6) is 3.04. The molecule has 0 saturated carbocycles. The highest BCUT2D eigenvalue weighted by Gasteiger charge is 2.22. The molecule has 134 valence electrons. The molecule has 0 radical (unpaired) electrons. The highest BCUT2D eigenvalue weighted by atomic mass is 32.1. The standard InChI is InChI=1S/C18H26N6S/c1-14-13-19-18(25-14)24-10-8-23(9-11-24)17-12-16(20-15(2)21-17)22-6-4-3-5-7-22/h12-13H,3-11H2,1-2H3. The Balaban J connectivity index is 1.46. The normalized spacial score (nSPS) is 18.7. The first kappa shape index (κ1) is 16.6. The van der Waals surface area contributed by atoms with E-state index in [1.165, 1.54) is 24.1 Å². The van der Waals surface area contributed by atoms with Gasteiger partial charge in [0.15, 0.2) is 5.13 Å². The van der Waals surface area contributed by atoms with Crippen molar-refractivity contribution in [2.24, 2.45) is 0 Å². The van der Waals surface area contributed by atoms with Crippen LogP contribution in [0.25, 0.3) is 0 Å². The number of nitrogens with zero attached hydrogens (tertiary/aromatic N) is 6. The van der Waals surface area contributed by atoms with Crippen LogP contribution >= 0.6 is 11.3 Å². The van der Waals surface area contributed by atoms with Crippen molar-refractivity contribution in [1.82, 2.24) is 15.0 Å². The summed E-state index contributed by atoms with van der Waals surface area (Å²) in [6, 6.07) is 2.18. The van der Waals surface area contributed by atoms with Gasteiger partial charge in [-0.2, -0.15) is 0 Å². The maximum Gasteiger partial charge on any atom is 0.185 e. The van der Waals surface area contributed by atoms with Gasteiger partial charge in [0.1, 0.15) is 17.5 Å². The molecule has 0 atom stereocenters. The van der Waals surface area contributed by atoms with Crippen molar-refractivity contribution >= 4 is 28.1 Å². The Morgan fingerprint density at radius 1 is 0.800 bits per heavy atom. The van der Waals surface area contributed by atoms with E-state index in [1.54, 1.807) is 11.3 Å². The molecule has 0 bridgehead atoms. The molecule has 2 fully saturated rings. The largest absolute Gasteiger partial charge is 0.356 e. The van der Waals surface area contributed by atoms with Gasteiger partial charge in [-0.15, -0.1) is 11.3 Å². The number of aryl methyl sites for hydroxylation is 2. The molecule has 2 aromatic rings. The summed E-state index contributed by atoms with van der Waals surface area (Å²) < 4.78 is 0. The van der Waals surface area contributed by atoms with Gasteiger partial charge in [-0.1, -0.05) is 0 Å². The molecule has 2 aliphatic rings. The van der Waals surface area contributed by atoms with Gasteiger partial charge in [0, 0.05) is 56.4 Å². The predicted octanol–water partition coefficient (Wildman–Crippen LogP) is 2.87. The Kier molecular flexibility index (Phi) is 4.74. The number of piperidine rings is 1. The Hall–Kier alpha value is -1.89. The van der Waals surface area contributed by atoms with E-state index in [4.69, 9.17) is 4.98 Å². The summed E-state index contributed by atoms with van der Waals surface area (Å²) in [6.45, 7) is 10.3. The lowest BCUT2D eigenvalue weighted by Gasteiger charge is -2.36. The fourth-order valence-corrected chi connectivity index (χ4v) is 4.41. The highest BCUT2D eigenvalue weighted by Crippen LogP contribution is 2.26. The molecule has 7 heteroatoms. The quantitative estimate of drug-likeness (QED) is 0.841. The van der Waals surface area contributed by atoms with Crippen molar-refractivity contribution in [3.05, 3.63) is 23.0 Å². The number of rotatable bonds is 3. The van der Waals surface area contributed by atoms with E-state index in [2.05, 4.69) is 37.7 Å². The number of anilines is 3. The van der Waals surface area contributed by atoms with Gasteiger partial charge in [-0.25, -0.2) is 15.0 Å². The van der Waals surface area contributed by atoms with E-state index in [-0.39, 0.29) is 0 Å². The first-order chi connectivity index (χ1) is 12.2. The third-order valence-electron chi connectivity index (χ3n) is 4.97. The fraction of sp³-hybridized carbons (Fsp3) is 0.611. The Bertz CT molecular complexity index is 716. The molecule has 2 aromatic heterocycles. The Morgan fingerprint density at radius 2 is 1.40 bits per heavy atom. The van der Waals surface area contributed by atoms with E-state index >= 15 is 0 Å². The average Bonchev–Trinajstić information content (AvgIpc) is 3.08. The zero-order chi connectivity index (χ0) is 17.2. The molecular weight excluding hydrogens is 332 g/mol. The van der Waals surface area contributed by atoms with Gasteiger partial charge in [-0.3, -0.25) is 0 Å². The minimum absolute atomic E-state index is 0.871. The van der Waals surface area contributed by atoms with Crippen molar-refractivity contribution < 1.29 is 0 Å². The smallest absolute Gasteiger partial charge is 0.185 e. The average molecular weight is 359 g/mol. The summed E-state index contributed by atoms with van der Waals surface area (Å²) in [5, 5.41) is 1.14. The molecule has 0 aromatic carbocycles. The summed E-state index contributed by atoms with van der Waals surface area (Å²) in [7, 11) is 0. The molecular formula is C18H26N6S. The predicted molar refractivity (Wildman–Crippen MR) is 104 cm³/mol. The zero-order valence-corrected chi connectivity index (χ0v) is 15.9. The van der Waals surface area contributed by atoms with Gasteiger partial charge in [-0.05, 0) is 33.1 Å². The van der Waals surface area contributed by atoms with Crippen LogP contribution in [0, 0.1) is 13.8 Å². The number of aromatic nitrogens is 3. The maximum atomic E-state index is 4.71. The van der Waals surface area contributed by atoms with Crippen molar-refractivity contribution in [3.8, 4) is 0 Å². The number of piperazine rings is 1. The van der Waals surface area contributed by atoms with Crippen molar-refractivity contribution in [3.63, 3.8) is 0 Å². The summed E-state index contributed by atoms with van der Waals surface area (Å²) >= 11 is 1.78. The molecule has 6 nitrogen and oxygen atoms in total. The van der Waals surface area contributed by atoms with Gasteiger partial charge < -0.3 is 14.7 Å². The Morgan fingerprint density at radius 3 is 2.00 bits per heavy atom. The van der Waals surface area contributed by atoms with Crippen LogP contribution in [0.3, 0.4) is 0 Å². The van der Waals surface area contributed by atoms with Crippen molar-refractivity contribution in [1.29, 1.82) is 0 Å². The molecule has 0 amide bonds. The van der Waals surface area contributed by atoms with E-state index in [0.717, 1.165) is 61.9 Å². The number of thiazole rings is 1. The van der Waals surface area contributed by atoms with Crippen LogP contribution in [0.1, 0.15) is 30.0 Å². The Labute approximate surface area is 153 Å². The lowest BCUT2D eigenvalue weighted by molar-refractivity contribution is 0.572. The molecule has 0 N–H and O–H groups in total. The van der Waals surface area contributed by atoms with E-state index in [9.17, 15) is 0 Å². The van der Waals surface area contributed by atoms with Crippen LogP contribution in [0.15, 0.2) is 12.3 Å². The molecule has 25 heavy (non-hydrogen) atoms. The molecule has 2 saturated heterocycles. The molecule has 0 unspecified atom stereocenters. The fourth-order valence-electron chi connectivity index (χ4n) is 3.60. The zero-order valence-electron chi connectivity index (χ0n) is 15.1. The lowest BCUT2D eigenvalue weighted by atomic mass is 10.1. The third kappa shape index (κ3) is 3.71. The van der Waals surface area contributed by atoms with Gasteiger partial charge in [0.05, 0.1) is 0 Å². The van der Waals surface area contributed by atoms with Crippen LogP contribution in [-0.2, 0) is 0 Å². The molecule has 4 heterocycles. The second-order valence-electron chi connectivity index (χ2n) is 6.91. The number of hydrogen-bond donors (Lipinski definition) is 0. The molecule has 2 aliphatic heterocycles. The SMILES string of the molecule is Cc1nc(N2CCCCC2)cc(N2CCN(c3ncc(C)s3)CC2)n1. The van der Waals surface area contributed by atoms with Crippen molar-refractivity contribution in [2.75, 3.05) is 54.0 Å². The lowest BCUT2D eigenvalue weighted by Crippen LogP contribution is -2.47. The first-order valence-electron chi connectivity index (χ1n) is 9.22. The van der Waals surface area contributed by atoms with Crippen molar-refractivity contribution in [2.45, 2.75) is 33.1 Å². The van der Waals surface area contributed by atoms with Crippen LogP contribution in [0.2, 0.25) is 0 Å². The van der Waals surface area contributed by atoms with Crippen LogP contribution in [-0.4, -0.2) is 54.2 Å². The second kappa shape index (κ2) is 7.15. The second-order valence-corrected chi connectivity index (χ2v) is 8.12. The third-order valence-corrected chi connectivity index (χ3v) is 5.95. The topological polar surface area (TPSA) is 48.4 Å². The molecule has 0 spiro atoms. The summed E-state index contributed by atoms with van der Waals surface area (Å²) in [4.78, 5) is 22.4. The van der Waals surface area contributed by atoms with Gasteiger partial charge >= 0.3 is 0 Å². The van der Waals surface area contributed by atoms with Crippen LogP contribution in [0.5, 0.6) is 0 Å². The van der Waals surface area contributed by atoms with E-state index < -0.39 is 0 Å². The number of hydrogen-bond acceptors (Lipinski definition) is 7. The molecule has 4 rings (SSSR count).